The Bertz CT molecular complexity index is 462. The minimum Gasteiger partial charge on any atom is -0.494 e. The SMILES string of the molecule is CCOc1ccc2sc(C)nc2c1C. The second-order valence-electron chi connectivity index (χ2n) is 3.20. The fourth-order valence-electron chi connectivity index (χ4n) is 1.53. The summed E-state index contributed by atoms with van der Waals surface area (Å²) in [5.74, 6) is 0.949. The number of ether oxygens (including phenoxy) is 1. The van der Waals surface area contributed by atoms with E-state index in [-0.39, 0.29) is 0 Å². The Kier molecular flexibility index (Phi) is 2.42. The van der Waals surface area contributed by atoms with Gasteiger partial charge >= 0.3 is 0 Å². The fourth-order valence-corrected chi connectivity index (χ4v) is 2.42. The first-order valence-corrected chi connectivity index (χ1v) is 5.53. The Balaban J connectivity index is 2.61. The number of benzene rings is 1. The van der Waals surface area contributed by atoms with E-state index in [4.69, 9.17) is 4.74 Å². The van der Waals surface area contributed by atoms with Crippen LogP contribution in [0.2, 0.25) is 0 Å². The highest BCUT2D eigenvalue weighted by molar-refractivity contribution is 7.18. The molecule has 3 heteroatoms. The Hall–Kier alpha value is -1.09. The average molecular weight is 207 g/mol. The van der Waals surface area contributed by atoms with Crippen LogP contribution in [-0.2, 0) is 0 Å². The summed E-state index contributed by atoms with van der Waals surface area (Å²) < 4.78 is 6.76. The van der Waals surface area contributed by atoms with Gasteiger partial charge in [-0.05, 0) is 32.9 Å². The molecule has 0 atom stereocenters. The summed E-state index contributed by atoms with van der Waals surface area (Å²) in [4.78, 5) is 4.49. The van der Waals surface area contributed by atoms with Gasteiger partial charge in [0.15, 0.2) is 0 Å². The molecule has 0 radical (unpaired) electrons. The molecular formula is C11H13NOS. The van der Waals surface area contributed by atoms with E-state index < -0.39 is 0 Å². The van der Waals surface area contributed by atoms with E-state index in [0.717, 1.165) is 21.8 Å². The molecule has 0 aliphatic rings. The molecule has 0 N–H and O–H groups in total. The van der Waals surface area contributed by atoms with Gasteiger partial charge < -0.3 is 4.74 Å². The van der Waals surface area contributed by atoms with Crippen LogP contribution in [-0.4, -0.2) is 11.6 Å². The van der Waals surface area contributed by atoms with Crippen LogP contribution in [0.25, 0.3) is 10.2 Å². The molecule has 0 amide bonds. The van der Waals surface area contributed by atoms with E-state index in [1.807, 2.05) is 19.9 Å². The zero-order valence-corrected chi connectivity index (χ0v) is 9.44. The predicted octanol–water partition coefficient (Wildman–Crippen LogP) is 3.31. The number of aryl methyl sites for hydroxylation is 2. The maximum Gasteiger partial charge on any atom is 0.124 e. The summed E-state index contributed by atoms with van der Waals surface area (Å²) in [5.41, 5.74) is 2.23. The lowest BCUT2D eigenvalue weighted by molar-refractivity contribution is 0.338. The van der Waals surface area contributed by atoms with Gasteiger partial charge in [-0.25, -0.2) is 4.98 Å². The highest BCUT2D eigenvalue weighted by Crippen LogP contribution is 2.30. The molecule has 1 aromatic carbocycles. The molecule has 1 aromatic heterocycles. The van der Waals surface area contributed by atoms with Gasteiger partial charge in [-0.3, -0.25) is 0 Å². The lowest BCUT2D eigenvalue weighted by Gasteiger charge is -2.06. The summed E-state index contributed by atoms with van der Waals surface area (Å²) in [7, 11) is 0. The quantitative estimate of drug-likeness (QED) is 0.753. The van der Waals surface area contributed by atoms with Gasteiger partial charge in [0.1, 0.15) is 5.75 Å². The van der Waals surface area contributed by atoms with Crippen LogP contribution in [0.5, 0.6) is 5.75 Å². The third-order valence-electron chi connectivity index (χ3n) is 2.17. The standard InChI is InChI=1S/C11H13NOS/c1-4-13-9-5-6-10-11(7(9)2)12-8(3)14-10/h5-6H,4H2,1-3H3. The van der Waals surface area contributed by atoms with Gasteiger partial charge in [-0.2, -0.15) is 0 Å². The zero-order valence-electron chi connectivity index (χ0n) is 8.63. The Labute approximate surface area is 87.5 Å². The molecule has 1 heterocycles. The van der Waals surface area contributed by atoms with Crippen molar-refractivity contribution in [1.82, 2.24) is 4.98 Å². The summed E-state index contributed by atoms with van der Waals surface area (Å²) in [6.45, 7) is 6.79. The van der Waals surface area contributed by atoms with E-state index >= 15 is 0 Å². The van der Waals surface area contributed by atoms with Crippen LogP contribution in [0.1, 0.15) is 17.5 Å². The lowest BCUT2D eigenvalue weighted by atomic mass is 10.2. The molecular weight excluding hydrogens is 194 g/mol. The number of hydrogen-bond donors (Lipinski definition) is 0. The Morgan fingerprint density at radius 3 is 2.86 bits per heavy atom. The first kappa shape index (κ1) is 9.46. The second-order valence-corrected chi connectivity index (χ2v) is 4.44. The molecule has 14 heavy (non-hydrogen) atoms. The fraction of sp³-hybridized carbons (Fsp3) is 0.364. The molecule has 0 bridgehead atoms. The second kappa shape index (κ2) is 3.58. The molecule has 0 saturated carbocycles. The minimum absolute atomic E-state index is 0.704. The number of fused-ring (bicyclic) bond motifs is 1. The average Bonchev–Trinajstić information content (AvgIpc) is 2.52. The topological polar surface area (TPSA) is 22.1 Å². The van der Waals surface area contributed by atoms with Crippen molar-refractivity contribution in [2.75, 3.05) is 6.61 Å². The molecule has 0 aliphatic heterocycles. The third-order valence-corrected chi connectivity index (χ3v) is 3.11. The Morgan fingerprint density at radius 1 is 1.36 bits per heavy atom. The van der Waals surface area contributed by atoms with E-state index in [0.29, 0.717) is 6.61 Å². The highest BCUT2D eigenvalue weighted by Gasteiger charge is 2.07. The summed E-state index contributed by atoms with van der Waals surface area (Å²) in [5, 5.41) is 1.11. The molecule has 2 nitrogen and oxygen atoms in total. The smallest absolute Gasteiger partial charge is 0.124 e. The minimum atomic E-state index is 0.704. The number of nitrogens with zero attached hydrogens (tertiary/aromatic N) is 1. The van der Waals surface area contributed by atoms with Crippen LogP contribution in [0.4, 0.5) is 0 Å². The maximum absolute atomic E-state index is 5.52. The monoisotopic (exact) mass is 207 g/mol. The largest absolute Gasteiger partial charge is 0.494 e. The van der Waals surface area contributed by atoms with Crippen molar-refractivity contribution >= 4 is 21.6 Å². The van der Waals surface area contributed by atoms with Crippen molar-refractivity contribution in [3.8, 4) is 5.75 Å². The van der Waals surface area contributed by atoms with Crippen LogP contribution < -0.4 is 4.74 Å². The van der Waals surface area contributed by atoms with Crippen molar-refractivity contribution in [1.29, 1.82) is 0 Å². The number of thiazole rings is 1. The van der Waals surface area contributed by atoms with Crippen molar-refractivity contribution in [3.63, 3.8) is 0 Å². The predicted molar refractivity (Wildman–Crippen MR) is 60.3 cm³/mol. The van der Waals surface area contributed by atoms with E-state index in [2.05, 4.69) is 18.0 Å². The molecule has 0 fully saturated rings. The lowest BCUT2D eigenvalue weighted by Crippen LogP contribution is -1.93. The van der Waals surface area contributed by atoms with Crippen molar-refractivity contribution in [3.05, 3.63) is 22.7 Å². The van der Waals surface area contributed by atoms with E-state index in [1.165, 1.54) is 4.70 Å². The highest BCUT2D eigenvalue weighted by atomic mass is 32.1. The van der Waals surface area contributed by atoms with Gasteiger partial charge in [0, 0.05) is 5.56 Å². The molecule has 74 valence electrons. The molecule has 0 unspecified atom stereocenters. The summed E-state index contributed by atoms with van der Waals surface area (Å²) in [6, 6.07) is 4.11. The molecule has 2 aromatic rings. The van der Waals surface area contributed by atoms with Crippen molar-refractivity contribution < 1.29 is 4.74 Å². The van der Waals surface area contributed by atoms with Crippen molar-refractivity contribution in [2.45, 2.75) is 20.8 Å². The number of aromatic nitrogens is 1. The van der Waals surface area contributed by atoms with Gasteiger partial charge in [0.05, 0.1) is 21.8 Å². The van der Waals surface area contributed by atoms with Crippen LogP contribution in [0.3, 0.4) is 0 Å². The third kappa shape index (κ3) is 1.48. The Morgan fingerprint density at radius 2 is 2.14 bits per heavy atom. The molecule has 0 saturated heterocycles. The van der Waals surface area contributed by atoms with Crippen LogP contribution in [0, 0.1) is 13.8 Å². The first-order chi connectivity index (χ1) is 6.72. The van der Waals surface area contributed by atoms with Gasteiger partial charge in [0.25, 0.3) is 0 Å². The van der Waals surface area contributed by atoms with E-state index in [1.54, 1.807) is 11.3 Å². The normalized spacial score (nSPS) is 10.8. The summed E-state index contributed by atoms with van der Waals surface area (Å²) in [6.07, 6.45) is 0. The van der Waals surface area contributed by atoms with Gasteiger partial charge in [-0.1, -0.05) is 0 Å². The molecule has 0 aliphatic carbocycles. The van der Waals surface area contributed by atoms with E-state index in [9.17, 15) is 0 Å². The van der Waals surface area contributed by atoms with Crippen molar-refractivity contribution in [2.24, 2.45) is 0 Å². The maximum atomic E-state index is 5.52. The zero-order chi connectivity index (χ0) is 10.1. The number of hydrogen-bond acceptors (Lipinski definition) is 3. The van der Waals surface area contributed by atoms with Crippen LogP contribution in [0.15, 0.2) is 12.1 Å². The number of rotatable bonds is 2. The molecule has 0 spiro atoms. The first-order valence-electron chi connectivity index (χ1n) is 4.72. The summed E-state index contributed by atoms with van der Waals surface area (Å²) >= 11 is 1.73. The molecule has 2 rings (SSSR count). The van der Waals surface area contributed by atoms with Gasteiger partial charge in [-0.15, -0.1) is 11.3 Å². The van der Waals surface area contributed by atoms with Crippen LogP contribution >= 0.6 is 11.3 Å². The van der Waals surface area contributed by atoms with Gasteiger partial charge in [0.2, 0.25) is 0 Å².